The fourth-order valence-corrected chi connectivity index (χ4v) is 6.69. The minimum absolute atomic E-state index is 0.0323. The summed E-state index contributed by atoms with van der Waals surface area (Å²) in [5.41, 5.74) is 2.07. The first-order valence-corrected chi connectivity index (χ1v) is 16.5. The molecule has 1 heterocycles. The highest BCUT2D eigenvalue weighted by Crippen LogP contribution is 2.27. The van der Waals surface area contributed by atoms with Gasteiger partial charge in [-0.15, -0.1) is 13.2 Å². The summed E-state index contributed by atoms with van der Waals surface area (Å²) in [7, 11) is -2.56. The molecule has 0 unspecified atom stereocenters. The van der Waals surface area contributed by atoms with Gasteiger partial charge in [0, 0.05) is 19.5 Å². The normalized spacial score (nSPS) is 16.6. The zero-order valence-electron chi connectivity index (χ0n) is 26.3. The van der Waals surface area contributed by atoms with Crippen molar-refractivity contribution in [3.8, 4) is 22.6 Å². The number of benzene rings is 3. The van der Waals surface area contributed by atoms with Crippen molar-refractivity contribution in [1.82, 2.24) is 9.62 Å². The van der Waals surface area contributed by atoms with Crippen molar-refractivity contribution in [2.45, 2.75) is 56.2 Å². The Hall–Kier alpha value is -3.85. The molecule has 1 aliphatic rings. The third-order valence-electron chi connectivity index (χ3n) is 7.42. The summed E-state index contributed by atoms with van der Waals surface area (Å²) in [4.78, 5) is 12.9. The summed E-state index contributed by atoms with van der Waals surface area (Å²) in [5.74, 6) is 0.0845. The molecule has 4 rings (SSSR count). The number of nitrogens with one attached hydrogen (secondary N) is 1. The molecule has 0 bridgehead atoms. The Morgan fingerprint density at radius 1 is 0.979 bits per heavy atom. The lowest BCUT2D eigenvalue weighted by atomic mass is 9.98. The highest BCUT2D eigenvalue weighted by Gasteiger charge is 2.33. The second-order valence-electron chi connectivity index (χ2n) is 11.6. The van der Waals surface area contributed by atoms with Crippen molar-refractivity contribution in [2.75, 3.05) is 33.4 Å². The number of ether oxygens (including phenoxy) is 4. The van der Waals surface area contributed by atoms with E-state index in [1.54, 1.807) is 24.3 Å². The van der Waals surface area contributed by atoms with E-state index in [1.807, 2.05) is 13.8 Å². The number of hydrogen-bond acceptors (Lipinski definition) is 8. The molecule has 1 fully saturated rings. The third-order valence-corrected chi connectivity index (χ3v) is 9.26. The fourth-order valence-electron chi connectivity index (χ4n) is 5.07. The van der Waals surface area contributed by atoms with Crippen molar-refractivity contribution in [3.63, 3.8) is 0 Å². The van der Waals surface area contributed by atoms with E-state index in [-0.39, 0.29) is 42.7 Å². The van der Waals surface area contributed by atoms with Gasteiger partial charge in [-0.1, -0.05) is 50.2 Å². The number of alkyl halides is 3. The number of methoxy groups -OCH3 is 1. The molecule has 1 amide bonds. The molecule has 14 heteroatoms. The SMILES string of the molecule is COc1ccc(S(=O)(=O)N(CC(C)C)C[C@@H](O)[C@H](Cc2ccc(-c3ccc(OC(F)(F)F)cc3)cc2)NC(=O)O[C@H]2CCOC2)cc1. The van der Waals surface area contributed by atoms with Crippen LogP contribution in [0.5, 0.6) is 11.5 Å². The molecule has 2 N–H and O–H groups in total. The van der Waals surface area contributed by atoms with Gasteiger partial charge in [-0.05, 0) is 65.4 Å². The molecule has 1 saturated heterocycles. The first-order chi connectivity index (χ1) is 22.2. The van der Waals surface area contributed by atoms with Crippen LogP contribution in [0.3, 0.4) is 0 Å². The molecule has 0 saturated carbocycles. The van der Waals surface area contributed by atoms with Gasteiger partial charge in [-0.2, -0.15) is 4.31 Å². The van der Waals surface area contributed by atoms with Crippen LogP contribution in [0.2, 0.25) is 0 Å². The van der Waals surface area contributed by atoms with Crippen LogP contribution in [0.25, 0.3) is 11.1 Å². The van der Waals surface area contributed by atoms with E-state index < -0.39 is 40.7 Å². The lowest BCUT2D eigenvalue weighted by molar-refractivity contribution is -0.274. The second-order valence-corrected chi connectivity index (χ2v) is 13.5. The van der Waals surface area contributed by atoms with Crippen LogP contribution < -0.4 is 14.8 Å². The van der Waals surface area contributed by atoms with Crippen LogP contribution in [0.15, 0.2) is 77.7 Å². The highest BCUT2D eigenvalue weighted by atomic mass is 32.2. The third kappa shape index (κ3) is 10.6. The molecule has 0 spiro atoms. The van der Waals surface area contributed by atoms with Gasteiger partial charge >= 0.3 is 12.5 Å². The summed E-state index contributed by atoms with van der Waals surface area (Å²) < 4.78 is 85.9. The number of sulfonamides is 1. The number of aliphatic hydroxyl groups is 1. The smallest absolute Gasteiger partial charge is 0.497 e. The molecule has 3 atom stereocenters. The number of hydrogen-bond donors (Lipinski definition) is 2. The average molecular weight is 681 g/mol. The zero-order valence-corrected chi connectivity index (χ0v) is 27.1. The van der Waals surface area contributed by atoms with Crippen LogP contribution in [0.4, 0.5) is 18.0 Å². The number of halogens is 3. The Morgan fingerprint density at radius 2 is 1.57 bits per heavy atom. The van der Waals surface area contributed by atoms with Gasteiger partial charge in [0.15, 0.2) is 0 Å². The minimum Gasteiger partial charge on any atom is -0.497 e. The summed E-state index contributed by atoms with van der Waals surface area (Å²) in [5, 5.41) is 14.2. The minimum atomic E-state index is -4.79. The lowest BCUT2D eigenvalue weighted by Crippen LogP contribution is -2.51. The van der Waals surface area contributed by atoms with Crippen LogP contribution in [-0.4, -0.2) is 81.9 Å². The number of carbonyl (C=O) groups is 1. The molecule has 3 aromatic carbocycles. The molecule has 0 aliphatic carbocycles. The zero-order chi connectivity index (χ0) is 34.2. The van der Waals surface area contributed by atoms with Gasteiger partial charge in [-0.25, -0.2) is 13.2 Å². The lowest BCUT2D eigenvalue weighted by Gasteiger charge is -2.30. The van der Waals surface area contributed by atoms with Gasteiger partial charge in [0.1, 0.15) is 17.6 Å². The first kappa shape index (κ1) is 36.0. The van der Waals surface area contributed by atoms with Gasteiger partial charge in [0.25, 0.3) is 0 Å². The standard InChI is InChI=1S/C33H39F3N2O8S/c1-22(2)19-38(47(41,42)29-14-12-26(43-3)13-15-29)20-31(39)30(37-32(40)45-28-16-17-44-21-28)18-23-4-6-24(7-5-23)25-8-10-27(11-9-25)46-33(34,35)36/h4-15,22,28,30-31,39H,16-21H2,1-3H3,(H,37,40)/t28-,30-,31+/m0/s1. The molecular weight excluding hydrogens is 641 g/mol. The van der Waals surface area contributed by atoms with Gasteiger partial charge in [0.05, 0.1) is 37.4 Å². The second kappa shape index (κ2) is 15.8. The van der Waals surface area contributed by atoms with E-state index in [0.29, 0.717) is 35.5 Å². The van der Waals surface area contributed by atoms with Crippen LogP contribution in [0, 0.1) is 5.92 Å². The maximum absolute atomic E-state index is 13.7. The number of amides is 1. The largest absolute Gasteiger partial charge is 0.573 e. The fraction of sp³-hybridized carbons (Fsp3) is 0.424. The van der Waals surface area contributed by atoms with Gasteiger partial charge in [0.2, 0.25) is 10.0 Å². The Morgan fingerprint density at radius 3 is 2.11 bits per heavy atom. The predicted molar refractivity (Wildman–Crippen MR) is 167 cm³/mol. The molecule has 256 valence electrons. The van der Waals surface area contributed by atoms with E-state index in [1.165, 1.54) is 59.9 Å². The van der Waals surface area contributed by atoms with E-state index in [9.17, 15) is 31.5 Å². The van der Waals surface area contributed by atoms with Crippen molar-refractivity contribution in [3.05, 3.63) is 78.4 Å². The molecular formula is C33H39F3N2O8S. The number of rotatable bonds is 14. The number of nitrogens with zero attached hydrogens (tertiary/aromatic N) is 1. The van der Waals surface area contributed by atoms with E-state index in [0.717, 1.165) is 0 Å². The molecule has 47 heavy (non-hydrogen) atoms. The first-order valence-electron chi connectivity index (χ1n) is 15.1. The summed E-state index contributed by atoms with van der Waals surface area (Å²) >= 11 is 0. The Kier molecular flexibility index (Phi) is 12.1. The van der Waals surface area contributed by atoms with E-state index in [2.05, 4.69) is 10.1 Å². The molecule has 3 aromatic rings. The van der Waals surface area contributed by atoms with Crippen LogP contribution in [0.1, 0.15) is 25.8 Å². The number of alkyl carbamates (subject to hydrolysis) is 1. The maximum atomic E-state index is 13.7. The highest BCUT2D eigenvalue weighted by molar-refractivity contribution is 7.89. The van der Waals surface area contributed by atoms with Crippen LogP contribution >= 0.6 is 0 Å². The van der Waals surface area contributed by atoms with Crippen molar-refractivity contribution >= 4 is 16.1 Å². The summed E-state index contributed by atoms with van der Waals surface area (Å²) in [6.45, 7) is 4.24. The Labute approximate surface area is 272 Å². The van der Waals surface area contributed by atoms with Crippen molar-refractivity contribution in [1.29, 1.82) is 0 Å². The Bertz CT molecular complexity index is 1540. The average Bonchev–Trinajstić information content (AvgIpc) is 3.53. The summed E-state index contributed by atoms with van der Waals surface area (Å²) in [6.07, 6.45) is -6.68. The maximum Gasteiger partial charge on any atom is 0.573 e. The monoisotopic (exact) mass is 680 g/mol. The number of aliphatic hydroxyl groups excluding tert-OH is 1. The van der Waals surface area contributed by atoms with Gasteiger partial charge < -0.3 is 29.4 Å². The quantitative estimate of drug-likeness (QED) is 0.232. The summed E-state index contributed by atoms with van der Waals surface area (Å²) in [6, 6.07) is 17.5. The van der Waals surface area contributed by atoms with Crippen molar-refractivity contribution in [2.24, 2.45) is 5.92 Å². The number of carbonyl (C=O) groups excluding carboxylic acids is 1. The van der Waals surface area contributed by atoms with E-state index >= 15 is 0 Å². The topological polar surface area (TPSA) is 124 Å². The molecule has 10 nitrogen and oxygen atoms in total. The molecule has 0 aromatic heterocycles. The van der Waals surface area contributed by atoms with E-state index in [4.69, 9.17) is 14.2 Å². The van der Waals surface area contributed by atoms with Crippen LogP contribution in [-0.2, 0) is 25.9 Å². The molecule has 0 radical (unpaired) electrons. The molecule has 1 aliphatic heterocycles. The van der Waals surface area contributed by atoms with Crippen molar-refractivity contribution < 1.29 is 50.4 Å². The predicted octanol–water partition coefficient (Wildman–Crippen LogP) is 5.39. The van der Waals surface area contributed by atoms with Gasteiger partial charge in [-0.3, -0.25) is 0 Å². The Balaban J connectivity index is 1.53.